The summed E-state index contributed by atoms with van der Waals surface area (Å²) in [5, 5.41) is 5.84. The van der Waals surface area contributed by atoms with E-state index in [0.29, 0.717) is 36.7 Å². The lowest BCUT2D eigenvalue weighted by Gasteiger charge is -2.23. The smallest absolute Gasteiger partial charge is 0.407 e. The molecule has 2 N–H and O–H groups in total. The maximum atomic E-state index is 15.1. The Labute approximate surface area is 203 Å². The van der Waals surface area contributed by atoms with Crippen molar-refractivity contribution in [1.82, 2.24) is 10.3 Å². The van der Waals surface area contributed by atoms with E-state index in [1.165, 1.54) is 21.3 Å². The summed E-state index contributed by atoms with van der Waals surface area (Å²) in [6.07, 6.45) is 0.0442. The van der Waals surface area contributed by atoms with E-state index >= 15 is 4.39 Å². The lowest BCUT2D eigenvalue weighted by Crippen LogP contribution is -2.40. The first-order chi connectivity index (χ1) is 16.5. The summed E-state index contributed by atoms with van der Waals surface area (Å²) in [5.74, 6) is -0.243. The maximum Gasteiger partial charge on any atom is 0.407 e. The largest absolute Gasteiger partial charge is 0.497 e. The van der Waals surface area contributed by atoms with Gasteiger partial charge in [-0.3, -0.25) is 0 Å². The van der Waals surface area contributed by atoms with Gasteiger partial charge in [-0.25, -0.2) is 19.0 Å². The van der Waals surface area contributed by atoms with Gasteiger partial charge in [-0.05, 0) is 33.3 Å². The predicted molar refractivity (Wildman–Crippen MR) is 128 cm³/mol. The zero-order chi connectivity index (χ0) is 25.8. The van der Waals surface area contributed by atoms with Crippen LogP contribution >= 0.6 is 0 Å². The summed E-state index contributed by atoms with van der Waals surface area (Å²) in [4.78, 5) is 30.6. The summed E-state index contributed by atoms with van der Waals surface area (Å²) in [7, 11) is 4.24. The molecule has 1 aliphatic rings. The number of amides is 1. The van der Waals surface area contributed by atoms with Crippen LogP contribution in [-0.2, 0) is 9.47 Å². The average molecular weight is 491 g/mol. The van der Waals surface area contributed by atoms with Gasteiger partial charge in [-0.15, -0.1) is 0 Å². The Kier molecular flexibility index (Phi) is 7.88. The molecule has 1 saturated heterocycles. The van der Waals surface area contributed by atoms with Gasteiger partial charge in [-0.2, -0.15) is 0 Å². The van der Waals surface area contributed by atoms with Gasteiger partial charge in [0.05, 0.1) is 27.4 Å². The molecule has 11 heteroatoms. The van der Waals surface area contributed by atoms with Gasteiger partial charge >= 0.3 is 12.1 Å². The molecule has 2 heterocycles. The van der Waals surface area contributed by atoms with Crippen LogP contribution in [0.5, 0.6) is 11.5 Å². The van der Waals surface area contributed by atoms with Crippen molar-refractivity contribution in [3.8, 4) is 11.5 Å². The van der Waals surface area contributed by atoms with Crippen LogP contribution in [-0.4, -0.2) is 63.1 Å². The number of carbonyl (C=O) groups excluding carboxylic acids is 2. The number of anilines is 3. The number of methoxy groups -OCH3 is 3. The number of hydrogen-bond donors (Lipinski definition) is 2. The fourth-order valence-corrected chi connectivity index (χ4v) is 3.62. The number of nitrogens with zero attached hydrogens (tertiary/aromatic N) is 2. The van der Waals surface area contributed by atoms with Crippen molar-refractivity contribution >= 4 is 29.4 Å². The van der Waals surface area contributed by atoms with Crippen molar-refractivity contribution in [3.63, 3.8) is 0 Å². The van der Waals surface area contributed by atoms with E-state index < -0.39 is 23.5 Å². The molecular weight excluding hydrogens is 459 g/mol. The van der Waals surface area contributed by atoms with Gasteiger partial charge in [0.2, 0.25) is 0 Å². The second-order valence-electron chi connectivity index (χ2n) is 8.99. The van der Waals surface area contributed by atoms with E-state index in [4.69, 9.17) is 18.9 Å². The van der Waals surface area contributed by atoms with Gasteiger partial charge in [0.15, 0.2) is 11.6 Å². The van der Waals surface area contributed by atoms with E-state index in [2.05, 4.69) is 15.6 Å². The third-order valence-electron chi connectivity index (χ3n) is 5.19. The Morgan fingerprint density at radius 1 is 1.09 bits per heavy atom. The summed E-state index contributed by atoms with van der Waals surface area (Å²) in [5.41, 5.74) is -0.177. The number of benzene rings is 1. The molecule has 1 aromatic carbocycles. The molecule has 2 aromatic rings. The lowest BCUT2D eigenvalue weighted by atomic mass is 10.2. The summed E-state index contributed by atoms with van der Waals surface area (Å²) in [6.45, 7) is 6.12. The Hall–Kier alpha value is -3.76. The minimum absolute atomic E-state index is 0.0449. The van der Waals surface area contributed by atoms with Crippen LogP contribution in [0.25, 0.3) is 0 Å². The summed E-state index contributed by atoms with van der Waals surface area (Å²) >= 11 is 0. The number of rotatable bonds is 7. The fraction of sp³-hybridized carbons (Fsp3) is 0.458. The van der Waals surface area contributed by atoms with E-state index in [9.17, 15) is 9.59 Å². The number of halogens is 1. The molecule has 1 amide bonds. The molecule has 35 heavy (non-hydrogen) atoms. The molecule has 1 fully saturated rings. The highest BCUT2D eigenvalue weighted by Crippen LogP contribution is 2.32. The molecule has 1 atom stereocenters. The first-order valence-corrected chi connectivity index (χ1v) is 11.1. The highest BCUT2D eigenvalue weighted by Gasteiger charge is 2.30. The second-order valence-corrected chi connectivity index (χ2v) is 8.99. The number of hydrogen-bond acceptors (Lipinski definition) is 9. The second kappa shape index (κ2) is 10.7. The van der Waals surface area contributed by atoms with Gasteiger partial charge in [-0.1, -0.05) is 0 Å². The Morgan fingerprint density at radius 3 is 2.31 bits per heavy atom. The molecule has 0 bridgehead atoms. The van der Waals surface area contributed by atoms with E-state index in [1.807, 2.05) is 0 Å². The maximum absolute atomic E-state index is 15.1. The molecule has 0 saturated carbocycles. The zero-order valence-corrected chi connectivity index (χ0v) is 20.7. The average Bonchev–Trinajstić information content (AvgIpc) is 3.25. The number of carbonyl (C=O) groups is 2. The van der Waals surface area contributed by atoms with Crippen molar-refractivity contribution in [3.05, 3.63) is 35.6 Å². The van der Waals surface area contributed by atoms with Crippen molar-refractivity contribution in [2.45, 2.75) is 38.8 Å². The van der Waals surface area contributed by atoms with Crippen LogP contribution in [0.15, 0.2) is 24.3 Å². The summed E-state index contributed by atoms with van der Waals surface area (Å²) < 4.78 is 35.8. The van der Waals surface area contributed by atoms with E-state index in [1.54, 1.807) is 43.9 Å². The first-order valence-electron chi connectivity index (χ1n) is 11.1. The van der Waals surface area contributed by atoms with Crippen LogP contribution in [0.2, 0.25) is 0 Å². The monoisotopic (exact) mass is 490 g/mol. The quantitative estimate of drug-likeness (QED) is 0.559. The van der Waals surface area contributed by atoms with E-state index in [0.717, 1.165) is 6.07 Å². The highest BCUT2D eigenvalue weighted by molar-refractivity contribution is 5.96. The zero-order valence-electron chi connectivity index (χ0n) is 20.7. The third-order valence-corrected chi connectivity index (χ3v) is 5.19. The van der Waals surface area contributed by atoms with Crippen molar-refractivity contribution < 1.29 is 32.9 Å². The standard InChI is InChI=1S/C24H31FN4O6/c1-24(2,3)35-23(31)27-14-7-8-29(13-14)21-19(25)12-18(22(30)34-6)20(28-21)26-15-9-16(32-4)11-17(10-15)33-5/h9-12,14H,7-8,13H2,1-6H3,(H,26,28)(H,27,31)/t14-/m1/s1. The topological polar surface area (TPSA) is 111 Å². The molecule has 3 rings (SSSR count). The van der Waals surface area contributed by atoms with Gasteiger partial charge < -0.3 is 34.5 Å². The molecule has 0 radical (unpaired) electrons. The molecule has 0 unspecified atom stereocenters. The third kappa shape index (κ3) is 6.65. The minimum atomic E-state index is -0.744. The molecule has 0 aliphatic carbocycles. The van der Waals surface area contributed by atoms with Crippen LogP contribution in [0.1, 0.15) is 37.6 Å². The number of aromatic nitrogens is 1. The summed E-state index contributed by atoms with van der Waals surface area (Å²) in [6, 6.07) is 5.90. The molecule has 190 valence electrons. The Morgan fingerprint density at radius 2 is 1.74 bits per heavy atom. The van der Waals surface area contributed by atoms with Crippen molar-refractivity contribution in [1.29, 1.82) is 0 Å². The van der Waals surface area contributed by atoms with Gasteiger partial charge in [0.25, 0.3) is 0 Å². The molecule has 1 aromatic heterocycles. The number of ether oxygens (including phenoxy) is 4. The molecule has 10 nitrogen and oxygen atoms in total. The van der Waals surface area contributed by atoms with Crippen molar-refractivity contribution in [2.75, 3.05) is 44.6 Å². The number of nitrogens with one attached hydrogen (secondary N) is 2. The van der Waals surface area contributed by atoms with Crippen LogP contribution < -0.4 is 25.0 Å². The first kappa shape index (κ1) is 25.9. The fourth-order valence-electron chi connectivity index (χ4n) is 3.62. The van der Waals surface area contributed by atoms with Crippen LogP contribution in [0, 0.1) is 5.82 Å². The van der Waals surface area contributed by atoms with Gasteiger partial charge in [0.1, 0.15) is 28.5 Å². The highest BCUT2D eigenvalue weighted by atomic mass is 19.1. The SMILES string of the molecule is COC(=O)c1cc(F)c(N2CC[C@@H](NC(=O)OC(C)(C)C)C2)nc1Nc1cc(OC)cc(OC)c1. The normalized spacial score (nSPS) is 15.4. The Bertz CT molecular complexity index is 1070. The lowest BCUT2D eigenvalue weighted by molar-refractivity contribution is 0.0507. The number of pyridine rings is 1. The van der Waals surface area contributed by atoms with Crippen LogP contribution in [0.4, 0.5) is 26.5 Å². The predicted octanol–water partition coefficient (Wildman–Crippen LogP) is 3.87. The van der Waals surface area contributed by atoms with Crippen LogP contribution in [0.3, 0.4) is 0 Å². The minimum Gasteiger partial charge on any atom is -0.497 e. The van der Waals surface area contributed by atoms with Crippen molar-refractivity contribution in [2.24, 2.45) is 0 Å². The molecule has 1 aliphatic heterocycles. The Balaban J connectivity index is 1.87. The molecular formula is C24H31FN4O6. The van der Waals surface area contributed by atoms with E-state index in [-0.39, 0.29) is 23.2 Å². The van der Waals surface area contributed by atoms with Gasteiger partial charge in [0, 0.05) is 37.0 Å². The molecule has 0 spiro atoms. The number of esters is 1. The number of alkyl carbamates (subject to hydrolysis) is 1.